The van der Waals surface area contributed by atoms with Gasteiger partial charge in [0.15, 0.2) is 0 Å². The summed E-state index contributed by atoms with van der Waals surface area (Å²) in [5, 5.41) is 8.65. The molecule has 114 valence electrons. The molecule has 8 heteroatoms. The standard InChI is InChI=1S/C12H19NO5S2/c1-2-3-7-18-8-6-13-20(16,17)12-5-4-10(19-12)9-11(14)15/h4-5,13H,2-3,6-9H2,1H3,(H,14,15). The first-order chi connectivity index (χ1) is 9.45. The molecule has 0 amide bonds. The predicted molar refractivity (Wildman–Crippen MR) is 76.6 cm³/mol. The van der Waals surface area contributed by atoms with Gasteiger partial charge in [0.25, 0.3) is 0 Å². The Balaban J connectivity index is 2.43. The lowest BCUT2D eigenvalue weighted by atomic mass is 10.3. The highest BCUT2D eigenvalue weighted by Gasteiger charge is 2.16. The third kappa shape index (κ3) is 6.00. The number of carboxylic acids is 1. The SMILES string of the molecule is CCCCOCCNS(=O)(=O)c1ccc(CC(=O)O)s1. The van der Waals surface area contributed by atoms with Crippen molar-refractivity contribution in [3.8, 4) is 0 Å². The number of unbranched alkanes of at least 4 members (excludes halogenated alkanes) is 1. The highest BCUT2D eigenvalue weighted by Crippen LogP contribution is 2.21. The van der Waals surface area contributed by atoms with Crippen LogP contribution in [0.15, 0.2) is 16.3 Å². The minimum atomic E-state index is -3.57. The molecule has 0 atom stereocenters. The minimum Gasteiger partial charge on any atom is -0.481 e. The number of rotatable bonds is 10. The fourth-order valence-corrected chi connectivity index (χ4v) is 3.82. The Labute approximate surface area is 122 Å². The van der Waals surface area contributed by atoms with Crippen molar-refractivity contribution >= 4 is 27.3 Å². The molecule has 0 fully saturated rings. The van der Waals surface area contributed by atoms with Crippen LogP contribution in [0, 0.1) is 0 Å². The lowest BCUT2D eigenvalue weighted by Crippen LogP contribution is -2.27. The zero-order chi connectivity index (χ0) is 15.0. The summed E-state index contributed by atoms with van der Waals surface area (Å²) in [6, 6.07) is 2.94. The summed E-state index contributed by atoms with van der Waals surface area (Å²) >= 11 is 0.968. The van der Waals surface area contributed by atoms with Gasteiger partial charge in [-0.2, -0.15) is 0 Å². The maximum atomic E-state index is 11.9. The Hall–Kier alpha value is -0.960. The van der Waals surface area contributed by atoms with Crippen LogP contribution in [0.1, 0.15) is 24.6 Å². The van der Waals surface area contributed by atoms with Gasteiger partial charge in [-0.1, -0.05) is 13.3 Å². The van der Waals surface area contributed by atoms with E-state index in [4.69, 9.17) is 9.84 Å². The molecule has 0 unspecified atom stereocenters. The van der Waals surface area contributed by atoms with Crippen LogP contribution < -0.4 is 4.72 Å². The van der Waals surface area contributed by atoms with E-state index in [0.717, 1.165) is 24.2 Å². The van der Waals surface area contributed by atoms with Crippen molar-refractivity contribution in [2.45, 2.75) is 30.4 Å². The molecule has 20 heavy (non-hydrogen) atoms. The average molecular weight is 321 g/mol. The van der Waals surface area contributed by atoms with E-state index >= 15 is 0 Å². The second kappa shape index (κ2) is 8.35. The first-order valence-electron chi connectivity index (χ1n) is 6.33. The zero-order valence-corrected chi connectivity index (χ0v) is 12.9. The van der Waals surface area contributed by atoms with Gasteiger partial charge in [-0.3, -0.25) is 4.79 Å². The molecule has 0 aliphatic rings. The number of carboxylic acid groups (broad SMARTS) is 1. The van der Waals surface area contributed by atoms with Gasteiger partial charge in [-0.15, -0.1) is 11.3 Å². The summed E-state index contributed by atoms with van der Waals surface area (Å²) < 4.78 is 31.7. The van der Waals surface area contributed by atoms with E-state index in [1.54, 1.807) is 0 Å². The number of aliphatic carboxylic acids is 1. The molecule has 1 aromatic heterocycles. The second-order valence-electron chi connectivity index (χ2n) is 4.15. The van der Waals surface area contributed by atoms with Gasteiger partial charge in [-0.05, 0) is 18.6 Å². The molecule has 1 heterocycles. The highest BCUT2D eigenvalue weighted by molar-refractivity contribution is 7.91. The smallest absolute Gasteiger partial charge is 0.308 e. The van der Waals surface area contributed by atoms with Crippen molar-refractivity contribution in [2.75, 3.05) is 19.8 Å². The monoisotopic (exact) mass is 321 g/mol. The summed E-state index contributed by atoms with van der Waals surface area (Å²) in [6.07, 6.45) is 1.82. The second-order valence-corrected chi connectivity index (χ2v) is 7.32. The Morgan fingerprint density at radius 1 is 1.40 bits per heavy atom. The Morgan fingerprint density at radius 3 is 2.80 bits per heavy atom. The van der Waals surface area contributed by atoms with Crippen LogP contribution in [0.4, 0.5) is 0 Å². The van der Waals surface area contributed by atoms with E-state index in [2.05, 4.69) is 11.6 Å². The van der Waals surface area contributed by atoms with Crippen LogP contribution in [-0.2, 0) is 26.0 Å². The van der Waals surface area contributed by atoms with E-state index in [9.17, 15) is 13.2 Å². The number of thiophene rings is 1. The molecule has 2 N–H and O–H groups in total. The van der Waals surface area contributed by atoms with E-state index in [1.165, 1.54) is 12.1 Å². The summed E-state index contributed by atoms with van der Waals surface area (Å²) in [7, 11) is -3.57. The maximum Gasteiger partial charge on any atom is 0.308 e. The Bertz CT molecular complexity index is 524. The largest absolute Gasteiger partial charge is 0.481 e. The van der Waals surface area contributed by atoms with Crippen LogP contribution in [0.25, 0.3) is 0 Å². The van der Waals surface area contributed by atoms with E-state index < -0.39 is 16.0 Å². The number of hydrogen-bond donors (Lipinski definition) is 2. The fourth-order valence-electron chi connectivity index (χ4n) is 1.41. The molecular formula is C12H19NO5S2. The average Bonchev–Trinajstić information content (AvgIpc) is 2.82. The number of ether oxygens (including phenoxy) is 1. The lowest BCUT2D eigenvalue weighted by molar-refractivity contribution is -0.136. The predicted octanol–water partition coefficient (Wildman–Crippen LogP) is 1.47. The molecule has 1 aromatic rings. The first-order valence-corrected chi connectivity index (χ1v) is 8.63. The molecule has 1 rings (SSSR count). The van der Waals surface area contributed by atoms with Gasteiger partial charge < -0.3 is 9.84 Å². The molecule has 0 saturated heterocycles. The maximum absolute atomic E-state index is 11.9. The van der Waals surface area contributed by atoms with Gasteiger partial charge in [0.1, 0.15) is 4.21 Å². The Morgan fingerprint density at radius 2 is 2.15 bits per heavy atom. The van der Waals surface area contributed by atoms with Crippen LogP contribution in [0.5, 0.6) is 0 Å². The molecule has 0 aliphatic carbocycles. The van der Waals surface area contributed by atoms with Gasteiger partial charge in [0.05, 0.1) is 13.0 Å². The summed E-state index contributed by atoms with van der Waals surface area (Å²) in [6.45, 7) is 3.21. The molecule has 0 spiro atoms. The van der Waals surface area contributed by atoms with E-state index in [1.807, 2.05) is 0 Å². The molecular weight excluding hydrogens is 302 g/mol. The van der Waals surface area contributed by atoms with Crippen molar-refractivity contribution < 1.29 is 23.1 Å². The topological polar surface area (TPSA) is 92.7 Å². The third-order valence-corrected chi connectivity index (χ3v) is 5.45. The summed E-state index contributed by atoms with van der Waals surface area (Å²) in [4.78, 5) is 11.1. The summed E-state index contributed by atoms with van der Waals surface area (Å²) in [5.74, 6) is -0.979. The molecule has 0 aliphatic heterocycles. The number of sulfonamides is 1. The third-order valence-electron chi connectivity index (χ3n) is 2.41. The normalized spacial score (nSPS) is 11.7. The van der Waals surface area contributed by atoms with Crippen LogP contribution in [0.3, 0.4) is 0 Å². The van der Waals surface area contributed by atoms with Crippen molar-refractivity contribution in [2.24, 2.45) is 0 Å². The van der Waals surface area contributed by atoms with Crippen molar-refractivity contribution in [1.29, 1.82) is 0 Å². The molecule has 0 aromatic carbocycles. The quantitative estimate of drug-likeness (QED) is 0.637. The lowest BCUT2D eigenvalue weighted by Gasteiger charge is -2.05. The fraction of sp³-hybridized carbons (Fsp3) is 0.583. The van der Waals surface area contributed by atoms with Gasteiger partial charge >= 0.3 is 5.97 Å². The zero-order valence-electron chi connectivity index (χ0n) is 11.3. The molecule has 6 nitrogen and oxygen atoms in total. The molecule has 0 radical (unpaired) electrons. The van der Waals surface area contributed by atoms with E-state index in [0.29, 0.717) is 18.1 Å². The Kier molecular flexibility index (Phi) is 7.14. The number of nitrogens with one attached hydrogen (secondary N) is 1. The molecule has 0 bridgehead atoms. The van der Waals surface area contributed by atoms with Crippen molar-refractivity contribution in [3.63, 3.8) is 0 Å². The van der Waals surface area contributed by atoms with Gasteiger partial charge in [-0.25, -0.2) is 13.1 Å². The first kappa shape index (κ1) is 17.1. The van der Waals surface area contributed by atoms with Crippen molar-refractivity contribution in [3.05, 3.63) is 17.0 Å². The van der Waals surface area contributed by atoms with Gasteiger partial charge in [0, 0.05) is 18.0 Å². The van der Waals surface area contributed by atoms with E-state index in [-0.39, 0.29) is 17.2 Å². The number of hydrogen-bond acceptors (Lipinski definition) is 5. The highest BCUT2D eigenvalue weighted by atomic mass is 32.2. The minimum absolute atomic E-state index is 0.127. The molecule has 0 saturated carbocycles. The van der Waals surface area contributed by atoms with Crippen LogP contribution in [-0.4, -0.2) is 39.3 Å². The van der Waals surface area contributed by atoms with Crippen LogP contribution in [0.2, 0.25) is 0 Å². The van der Waals surface area contributed by atoms with Crippen molar-refractivity contribution in [1.82, 2.24) is 4.72 Å². The van der Waals surface area contributed by atoms with Gasteiger partial charge in [0.2, 0.25) is 10.0 Å². The summed E-state index contributed by atoms with van der Waals surface area (Å²) in [5.41, 5.74) is 0. The van der Waals surface area contributed by atoms with Crippen LogP contribution >= 0.6 is 11.3 Å². The number of carbonyl (C=O) groups is 1.